The van der Waals surface area contributed by atoms with Gasteiger partial charge in [-0.2, -0.15) is 0 Å². The summed E-state index contributed by atoms with van der Waals surface area (Å²) in [5.41, 5.74) is 1.50. The summed E-state index contributed by atoms with van der Waals surface area (Å²) in [5, 5.41) is 1.97. The fourth-order valence-electron chi connectivity index (χ4n) is 3.01. The van der Waals surface area contributed by atoms with Crippen LogP contribution in [0.1, 0.15) is 16.2 Å². The first kappa shape index (κ1) is 16.6. The van der Waals surface area contributed by atoms with E-state index in [0.717, 1.165) is 4.88 Å². The lowest BCUT2D eigenvalue weighted by Gasteiger charge is -2.20. The van der Waals surface area contributed by atoms with E-state index < -0.39 is 5.97 Å². The maximum absolute atomic E-state index is 12.6. The second-order valence-corrected chi connectivity index (χ2v) is 6.94. The molecule has 0 aliphatic carbocycles. The minimum absolute atomic E-state index is 0.138. The Morgan fingerprint density at radius 2 is 2.04 bits per heavy atom. The highest BCUT2D eigenvalue weighted by Gasteiger charge is 2.32. The fourth-order valence-corrected chi connectivity index (χ4v) is 3.69. The lowest BCUT2D eigenvalue weighted by Crippen LogP contribution is -2.08. The van der Waals surface area contributed by atoms with Gasteiger partial charge in [-0.05, 0) is 47.9 Å². The third kappa shape index (κ3) is 2.73. The highest BCUT2D eigenvalue weighted by atomic mass is 32.1. The molecule has 3 aromatic rings. The van der Waals surface area contributed by atoms with E-state index in [1.165, 1.54) is 6.26 Å². The van der Waals surface area contributed by atoms with E-state index in [1.54, 1.807) is 36.7 Å². The molecule has 1 aromatic carbocycles. The topological polar surface area (TPSA) is 70.3 Å². The largest absolute Gasteiger partial charge is 0.497 e. The first-order chi connectivity index (χ1) is 13.7. The second-order valence-electron chi connectivity index (χ2n) is 6.00. The fraction of sp³-hybridized carbons (Fsp3) is 0.0476. The quantitative estimate of drug-likeness (QED) is 0.486. The monoisotopic (exact) mass is 391 g/mol. The number of methoxy groups -OCH3 is 1. The summed E-state index contributed by atoms with van der Waals surface area (Å²) in [6.45, 7) is 0. The third-order valence-electron chi connectivity index (χ3n) is 4.32. The third-order valence-corrected chi connectivity index (χ3v) is 5.20. The molecule has 7 heteroatoms. The summed E-state index contributed by atoms with van der Waals surface area (Å²) in [4.78, 5) is 17.9. The number of hydrogen-bond donors (Lipinski definition) is 0. The summed E-state index contributed by atoms with van der Waals surface area (Å²) in [7, 11) is 1.59. The number of thiophene rings is 1. The van der Waals surface area contributed by atoms with Crippen LogP contribution in [0.4, 0.5) is 0 Å². The Kier molecular flexibility index (Phi) is 3.87. The highest BCUT2D eigenvalue weighted by molar-refractivity contribution is 7.11. The van der Waals surface area contributed by atoms with Crippen LogP contribution in [0.2, 0.25) is 0 Å². The zero-order chi connectivity index (χ0) is 19.1. The van der Waals surface area contributed by atoms with Gasteiger partial charge in [0.1, 0.15) is 17.3 Å². The number of cyclic esters (lactones) is 1. The number of hydrogen-bond acceptors (Lipinski definition) is 7. The van der Waals surface area contributed by atoms with Crippen LogP contribution in [-0.2, 0) is 9.53 Å². The molecule has 138 valence electrons. The molecule has 28 heavy (non-hydrogen) atoms. The van der Waals surface area contributed by atoms with E-state index in [4.69, 9.17) is 18.6 Å². The molecule has 2 aliphatic heterocycles. The molecule has 4 heterocycles. The van der Waals surface area contributed by atoms with Gasteiger partial charge in [0.2, 0.25) is 0 Å². The van der Waals surface area contributed by atoms with Gasteiger partial charge in [-0.3, -0.25) is 0 Å². The molecule has 0 fully saturated rings. The van der Waals surface area contributed by atoms with E-state index in [1.807, 2.05) is 35.7 Å². The minimum Gasteiger partial charge on any atom is -0.497 e. The molecule has 0 saturated heterocycles. The lowest BCUT2D eigenvalue weighted by molar-refractivity contribution is -0.130. The van der Waals surface area contributed by atoms with Gasteiger partial charge in [0.25, 0.3) is 5.90 Å². The number of aliphatic imine (C=N–C) groups is 1. The van der Waals surface area contributed by atoms with Gasteiger partial charge in [0.15, 0.2) is 11.5 Å². The summed E-state index contributed by atoms with van der Waals surface area (Å²) < 4.78 is 22.0. The van der Waals surface area contributed by atoms with Crippen molar-refractivity contribution in [2.75, 3.05) is 7.11 Å². The van der Waals surface area contributed by atoms with Crippen molar-refractivity contribution in [3.8, 4) is 11.5 Å². The van der Waals surface area contributed by atoms with Crippen LogP contribution in [0.15, 0.2) is 75.3 Å². The molecule has 0 amide bonds. The van der Waals surface area contributed by atoms with E-state index in [0.29, 0.717) is 34.2 Å². The van der Waals surface area contributed by atoms with Gasteiger partial charge < -0.3 is 18.6 Å². The predicted molar refractivity (Wildman–Crippen MR) is 104 cm³/mol. The first-order valence-electron chi connectivity index (χ1n) is 8.44. The Morgan fingerprint density at radius 3 is 2.79 bits per heavy atom. The number of esters is 1. The predicted octanol–water partition coefficient (Wildman–Crippen LogP) is 4.50. The molecule has 0 radical (unpaired) electrons. The van der Waals surface area contributed by atoms with Gasteiger partial charge in [-0.15, -0.1) is 11.3 Å². The van der Waals surface area contributed by atoms with Crippen molar-refractivity contribution in [1.82, 2.24) is 0 Å². The number of allylic oxidation sites excluding steroid dienone is 2. The molecule has 6 nitrogen and oxygen atoms in total. The van der Waals surface area contributed by atoms with Gasteiger partial charge in [0, 0.05) is 11.1 Å². The van der Waals surface area contributed by atoms with E-state index in [-0.39, 0.29) is 11.6 Å². The van der Waals surface area contributed by atoms with Crippen molar-refractivity contribution in [3.63, 3.8) is 0 Å². The van der Waals surface area contributed by atoms with Crippen molar-refractivity contribution >= 4 is 34.5 Å². The first-order valence-corrected chi connectivity index (χ1v) is 9.32. The van der Waals surface area contributed by atoms with Crippen LogP contribution in [0, 0.1) is 0 Å². The Bertz CT molecular complexity index is 1150. The van der Waals surface area contributed by atoms with E-state index in [9.17, 15) is 4.79 Å². The molecular weight excluding hydrogens is 378 g/mol. The molecule has 0 N–H and O–H groups in total. The molecule has 2 aliphatic rings. The average molecular weight is 391 g/mol. The molecule has 0 bridgehead atoms. The van der Waals surface area contributed by atoms with Gasteiger partial charge in [-0.1, -0.05) is 6.07 Å². The van der Waals surface area contributed by atoms with Crippen molar-refractivity contribution < 1.29 is 23.4 Å². The summed E-state index contributed by atoms with van der Waals surface area (Å²) in [6.07, 6.45) is 3.30. The average Bonchev–Trinajstić information content (AvgIpc) is 3.48. The number of carbonyl (C=O) groups is 1. The van der Waals surface area contributed by atoms with Crippen LogP contribution in [0.5, 0.6) is 11.5 Å². The summed E-state index contributed by atoms with van der Waals surface area (Å²) in [6, 6.07) is 12.7. The minimum atomic E-state index is -0.543. The number of rotatable bonds is 3. The maximum Gasteiger partial charge on any atom is 0.364 e. The smallest absolute Gasteiger partial charge is 0.364 e. The number of fused-ring (bicyclic) bond motifs is 1. The summed E-state index contributed by atoms with van der Waals surface area (Å²) >= 11 is 1.55. The number of benzene rings is 1. The Balaban J connectivity index is 1.71. The van der Waals surface area contributed by atoms with Crippen molar-refractivity contribution in [2.24, 2.45) is 4.99 Å². The van der Waals surface area contributed by atoms with Crippen LogP contribution >= 0.6 is 11.3 Å². The molecule has 0 unspecified atom stereocenters. The normalized spacial score (nSPS) is 18.1. The number of ether oxygens (including phenoxy) is 3. The van der Waals surface area contributed by atoms with Crippen molar-refractivity contribution in [1.29, 1.82) is 0 Å². The van der Waals surface area contributed by atoms with Crippen molar-refractivity contribution in [2.45, 2.75) is 0 Å². The zero-order valence-corrected chi connectivity index (χ0v) is 15.5. The zero-order valence-electron chi connectivity index (χ0n) is 14.7. The Hall–Kier alpha value is -3.58. The maximum atomic E-state index is 12.6. The van der Waals surface area contributed by atoms with Crippen LogP contribution in [0.3, 0.4) is 0 Å². The number of furan rings is 1. The molecule has 0 saturated carbocycles. The molecule has 0 spiro atoms. The molecule has 5 rings (SSSR count). The standard InChI is InChI=1S/C21H13NO5S/c1-24-12-6-7-15-13(10-12)14(11-17(26-15)18-5-3-9-28-18)19-21(23)27-20(22-19)16-4-2-8-25-16/h2-11H,1H3/b19-14-. The lowest BCUT2D eigenvalue weighted by atomic mass is 9.98. The summed E-state index contributed by atoms with van der Waals surface area (Å²) in [5.74, 6) is 1.89. The van der Waals surface area contributed by atoms with E-state index >= 15 is 0 Å². The Labute approximate surface area is 164 Å². The van der Waals surface area contributed by atoms with Crippen molar-refractivity contribution in [3.05, 3.63) is 82.1 Å². The van der Waals surface area contributed by atoms with Gasteiger partial charge in [0.05, 0.1) is 18.3 Å². The van der Waals surface area contributed by atoms with Crippen LogP contribution < -0.4 is 9.47 Å². The van der Waals surface area contributed by atoms with E-state index in [2.05, 4.69) is 4.99 Å². The highest BCUT2D eigenvalue weighted by Crippen LogP contribution is 2.42. The van der Waals surface area contributed by atoms with Crippen LogP contribution in [-0.4, -0.2) is 19.0 Å². The Morgan fingerprint density at radius 1 is 1.11 bits per heavy atom. The number of carbonyl (C=O) groups excluding carboxylic acids is 1. The molecule has 0 atom stereocenters. The number of nitrogens with zero attached hydrogens (tertiary/aromatic N) is 1. The molecular formula is C21H13NO5S. The van der Waals surface area contributed by atoms with Crippen LogP contribution in [0.25, 0.3) is 11.3 Å². The molecule has 2 aromatic heterocycles. The van der Waals surface area contributed by atoms with Gasteiger partial charge in [-0.25, -0.2) is 9.79 Å². The second kappa shape index (κ2) is 6.54. The SMILES string of the molecule is COc1ccc2c(c1)/C(=C1\N=C(c3ccco3)OC1=O)C=C(c1cccs1)O2. The van der Waals surface area contributed by atoms with Gasteiger partial charge >= 0.3 is 5.97 Å².